The molecule has 0 spiro atoms. The van der Waals surface area contributed by atoms with Gasteiger partial charge in [-0.05, 0) is 44.4 Å². The van der Waals surface area contributed by atoms with Crippen molar-refractivity contribution in [1.82, 2.24) is 14.3 Å². The summed E-state index contributed by atoms with van der Waals surface area (Å²) in [6.07, 6.45) is 5.03. The second-order valence-corrected chi connectivity index (χ2v) is 8.48. The van der Waals surface area contributed by atoms with Crippen LogP contribution in [0.2, 0.25) is 0 Å². The molecule has 1 aliphatic rings. The van der Waals surface area contributed by atoms with Gasteiger partial charge in [-0.15, -0.1) is 0 Å². The Morgan fingerprint density at radius 1 is 1.36 bits per heavy atom. The van der Waals surface area contributed by atoms with Gasteiger partial charge in [-0.1, -0.05) is 43.9 Å². The number of thioether (sulfide) groups is 1. The molecular weight excluding hydrogens is 392 g/mol. The fourth-order valence-corrected chi connectivity index (χ4v) is 4.44. The van der Waals surface area contributed by atoms with Crippen molar-refractivity contribution in [2.45, 2.75) is 46.6 Å². The summed E-state index contributed by atoms with van der Waals surface area (Å²) in [4.78, 5) is 32.8. The topological polar surface area (TPSA) is 66.7 Å². The Morgan fingerprint density at radius 2 is 2.11 bits per heavy atom. The SMILES string of the molecule is CCCNc1nc2c(C)cccn2c(=O)c1/C=C1\SC(=S)N([C@@H](C)CC)C1=O. The van der Waals surface area contributed by atoms with Crippen LogP contribution in [-0.2, 0) is 4.79 Å². The zero-order valence-corrected chi connectivity index (χ0v) is 18.1. The number of anilines is 1. The highest BCUT2D eigenvalue weighted by molar-refractivity contribution is 8.26. The van der Waals surface area contributed by atoms with E-state index in [0.29, 0.717) is 32.8 Å². The summed E-state index contributed by atoms with van der Waals surface area (Å²) in [6.45, 7) is 8.63. The minimum absolute atomic E-state index is 0.0227. The van der Waals surface area contributed by atoms with E-state index in [1.54, 1.807) is 17.2 Å². The lowest BCUT2D eigenvalue weighted by atomic mass is 10.2. The lowest BCUT2D eigenvalue weighted by Crippen LogP contribution is -2.36. The number of aromatic nitrogens is 2. The van der Waals surface area contributed by atoms with Crippen LogP contribution in [0.25, 0.3) is 11.7 Å². The summed E-state index contributed by atoms with van der Waals surface area (Å²) in [5, 5.41) is 3.23. The van der Waals surface area contributed by atoms with Crippen molar-refractivity contribution in [1.29, 1.82) is 0 Å². The van der Waals surface area contributed by atoms with Crippen molar-refractivity contribution >= 4 is 51.7 Å². The average Bonchev–Trinajstić information content (AvgIpc) is 2.96. The average molecular weight is 417 g/mol. The van der Waals surface area contributed by atoms with Gasteiger partial charge in [0.05, 0.1) is 10.5 Å². The smallest absolute Gasteiger partial charge is 0.267 e. The van der Waals surface area contributed by atoms with E-state index in [-0.39, 0.29) is 17.5 Å². The molecule has 0 bridgehead atoms. The molecule has 0 saturated carbocycles. The minimum atomic E-state index is -0.207. The Labute approximate surface area is 174 Å². The number of carbonyl (C=O) groups is 1. The van der Waals surface area contributed by atoms with Gasteiger partial charge in [0, 0.05) is 18.8 Å². The van der Waals surface area contributed by atoms with Crippen molar-refractivity contribution in [2.75, 3.05) is 11.9 Å². The lowest BCUT2D eigenvalue weighted by Gasteiger charge is -2.21. The van der Waals surface area contributed by atoms with Crippen LogP contribution in [0, 0.1) is 6.92 Å². The first kappa shape index (κ1) is 20.5. The van der Waals surface area contributed by atoms with E-state index in [1.807, 2.05) is 39.8 Å². The highest BCUT2D eigenvalue weighted by Gasteiger charge is 2.35. The van der Waals surface area contributed by atoms with Crippen LogP contribution in [0.15, 0.2) is 28.0 Å². The van der Waals surface area contributed by atoms with Gasteiger partial charge in [-0.2, -0.15) is 0 Å². The predicted octanol–water partition coefficient (Wildman–Crippen LogP) is 3.82. The number of aryl methyl sites for hydroxylation is 1. The van der Waals surface area contributed by atoms with Crippen molar-refractivity contribution in [3.05, 3.63) is 44.7 Å². The van der Waals surface area contributed by atoms with E-state index < -0.39 is 0 Å². The summed E-state index contributed by atoms with van der Waals surface area (Å²) in [5.74, 6) is 0.342. The molecule has 2 aromatic heterocycles. The molecule has 6 nitrogen and oxygen atoms in total. The second-order valence-electron chi connectivity index (χ2n) is 6.80. The maximum atomic E-state index is 13.2. The number of hydrogen-bond acceptors (Lipinski definition) is 6. The number of fused-ring (bicyclic) bond motifs is 1. The molecule has 0 unspecified atom stereocenters. The number of nitrogens with one attached hydrogen (secondary N) is 1. The third-order valence-corrected chi connectivity index (χ3v) is 6.09. The van der Waals surface area contributed by atoms with Crippen LogP contribution in [0.3, 0.4) is 0 Å². The van der Waals surface area contributed by atoms with Gasteiger partial charge in [0.25, 0.3) is 11.5 Å². The van der Waals surface area contributed by atoms with Crippen molar-refractivity contribution in [2.24, 2.45) is 0 Å². The summed E-state index contributed by atoms with van der Waals surface area (Å²) in [7, 11) is 0. The molecule has 1 N–H and O–H groups in total. The highest BCUT2D eigenvalue weighted by atomic mass is 32.2. The van der Waals surface area contributed by atoms with E-state index in [2.05, 4.69) is 10.3 Å². The zero-order chi connectivity index (χ0) is 20.4. The molecule has 28 heavy (non-hydrogen) atoms. The number of thiocarbonyl (C=S) groups is 1. The highest BCUT2D eigenvalue weighted by Crippen LogP contribution is 2.34. The number of nitrogens with zero attached hydrogens (tertiary/aromatic N) is 3. The van der Waals surface area contributed by atoms with Crippen LogP contribution in [0.4, 0.5) is 5.82 Å². The normalized spacial score (nSPS) is 17.0. The monoisotopic (exact) mass is 416 g/mol. The largest absolute Gasteiger partial charge is 0.369 e. The van der Waals surface area contributed by atoms with Gasteiger partial charge in [-0.25, -0.2) is 4.98 Å². The van der Waals surface area contributed by atoms with Crippen LogP contribution in [-0.4, -0.2) is 37.1 Å². The summed E-state index contributed by atoms with van der Waals surface area (Å²) < 4.78 is 2.05. The first-order valence-corrected chi connectivity index (χ1v) is 10.6. The van der Waals surface area contributed by atoms with Crippen molar-refractivity contribution in [3.63, 3.8) is 0 Å². The van der Waals surface area contributed by atoms with E-state index >= 15 is 0 Å². The Morgan fingerprint density at radius 3 is 2.79 bits per heavy atom. The standard InChI is InChI=1S/C20H24N4O2S2/c1-5-9-21-16-14(18(25)23-10-7-8-12(3)17(23)22-16)11-15-19(26)24(13(4)6-2)20(27)28-15/h7-8,10-11,13,21H,5-6,9H2,1-4H3/b15-11-/t13-/m0/s1. The number of amides is 1. The van der Waals surface area contributed by atoms with Gasteiger partial charge in [-0.3, -0.25) is 18.9 Å². The van der Waals surface area contributed by atoms with E-state index in [4.69, 9.17) is 12.2 Å². The quantitative estimate of drug-likeness (QED) is 0.570. The lowest BCUT2D eigenvalue weighted by molar-refractivity contribution is -0.123. The molecule has 0 aromatic carbocycles. The molecule has 2 aromatic rings. The predicted molar refractivity (Wildman–Crippen MR) is 120 cm³/mol. The van der Waals surface area contributed by atoms with Crippen LogP contribution < -0.4 is 10.9 Å². The zero-order valence-electron chi connectivity index (χ0n) is 16.5. The van der Waals surface area contributed by atoms with E-state index in [0.717, 1.165) is 18.4 Å². The maximum absolute atomic E-state index is 13.2. The fraction of sp³-hybridized carbons (Fsp3) is 0.400. The Kier molecular flexibility index (Phi) is 6.20. The third-order valence-electron chi connectivity index (χ3n) is 4.76. The first-order chi connectivity index (χ1) is 13.4. The van der Waals surface area contributed by atoms with Gasteiger partial charge in [0.2, 0.25) is 0 Å². The number of rotatable bonds is 6. The molecule has 1 atom stereocenters. The minimum Gasteiger partial charge on any atom is -0.369 e. The van der Waals surface area contributed by atoms with Crippen LogP contribution in [0.5, 0.6) is 0 Å². The molecular formula is C20H24N4O2S2. The van der Waals surface area contributed by atoms with Crippen molar-refractivity contribution in [3.8, 4) is 0 Å². The fourth-order valence-electron chi connectivity index (χ4n) is 2.99. The van der Waals surface area contributed by atoms with E-state index in [9.17, 15) is 9.59 Å². The molecule has 0 radical (unpaired) electrons. The molecule has 3 heterocycles. The molecule has 0 aliphatic carbocycles. The van der Waals surface area contributed by atoms with E-state index in [1.165, 1.54) is 16.2 Å². The first-order valence-electron chi connectivity index (χ1n) is 9.41. The molecule has 1 amide bonds. The van der Waals surface area contributed by atoms with Gasteiger partial charge in [0.1, 0.15) is 15.8 Å². The second kappa shape index (κ2) is 8.45. The van der Waals surface area contributed by atoms with Crippen molar-refractivity contribution < 1.29 is 4.79 Å². The Balaban J connectivity index is 2.15. The maximum Gasteiger partial charge on any atom is 0.267 e. The number of hydrogen-bond donors (Lipinski definition) is 1. The molecule has 1 aliphatic heterocycles. The Bertz CT molecular complexity index is 1030. The van der Waals surface area contributed by atoms with Gasteiger partial charge in [0.15, 0.2) is 0 Å². The van der Waals surface area contributed by atoms with Gasteiger partial charge < -0.3 is 5.32 Å². The third kappa shape index (κ3) is 3.71. The number of carbonyl (C=O) groups excluding carboxylic acids is 1. The van der Waals surface area contributed by atoms with Crippen LogP contribution in [0.1, 0.15) is 44.7 Å². The summed E-state index contributed by atoms with van der Waals surface area (Å²) in [5.41, 5.74) is 1.69. The molecule has 8 heteroatoms. The Hall–Kier alpha value is -2.19. The van der Waals surface area contributed by atoms with Gasteiger partial charge >= 0.3 is 0 Å². The molecule has 1 fully saturated rings. The molecule has 1 saturated heterocycles. The molecule has 148 valence electrons. The van der Waals surface area contributed by atoms with Crippen LogP contribution >= 0.6 is 24.0 Å². The summed E-state index contributed by atoms with van der Waals surface area (Å²) >= 11 is 6.63. The summed E-state index contributed by atoms with van der Waals surface area (Å²) in [6, 6.07) is 3.76. The number of pyridine rings is 1. The molecule has 3 rings (SSSR count).